The predicted molar refractivity (Wildman–Crippen MR) is 42.7 cm³/mol. The van der Waals surface area contributed by atoms with Crippen molar-refractivity contribution in [1.82, 2.24) is 9.78 Å². The SMILES string of the molecule is OB(O)c1ccn(CCC(F)(F)F)n1. The highest BCUT2D eigenvalue weighted by molar-refractivity contribution is 6.57. The molecule has 14 heavy (non-hydrogen) atoms. The fraction of sp³-hybridized carbons (Fsp3) is 0.500. The molecule has 0 spiro atoms. The maximum absolute atomic E-state index is 11.8. The molecule has 0 aliphatic heterocycles. The fourth-order valence-electron chi connectivity index (χ4n) is 0.881. The molecule has 0 aliphatic carbocycles. The van der Waals surface area contributed by atoms with Gasteiger partial charge in [-0.25, -0.2) is 0 Å². The molecule has 1 heterocycles. The van der Waals surface area contributed by atoms with Gasteiger partial charge >= 0.3 is 13.3 Å². The van der Waals surface area contributed by atoms with Crippen molar-refractivity contribution in [2.45, 2.75) is 19.1 Å². The monoisotopic (exact) mass is 208 g/mol. The van der Waals surface area contributed by atoms with Gasteiger partial charge in [0.25, 0.3) is 0 Å². The Hall–Kier alpha value is -1.02. The standard InChI is InChI=1S/C6H8BF3N2O2/c8-6(9,10)2-4-12-3-1-5(11-12)7(13)14/h1,3,13-14H,2,4H2. The second kappa shape index (κ2) is 4.01. The van der Waals surface area contributed by atoms with Gasteiger partial charge in [-0.3, -0.25) is 4.68 Å². The molecule has 1 aromatic heterocycles. The third-order valence-electron chi connectivity index (χ3n) is 1.55. The molecule has 0 unspecified atom stereocenters. The summed E-state index contributed by atoms with van der Waals surface area (Å²) in [6.45, 7) is -0.323. The second-order valence-electron chi connectivity index (χ2n) is 2.74. The Morgan fingerprint density at radius 2 is 2.07 bits per heavy atom. The van der Waals surface area contributed by atoms with Crippen molar-refractivity contribution < 1.29 is 23.2 Å². The Bertz CT molecular complexity index is 300. The molecule has 1 rings (SSSR count). The van der Waals surface area contributed by atoms with E-state index in [0.29, 0.717) is 0 Å². The van der Waals surface area contributed by atoms with Gasteiger partial charge in [0.15, 0.2) is 0 Å². The molecule has 4 nitrogen and oxygen atoms in total. The minimum Gasteiger partial charge on any atom is -0.422 e. The lowest BCUT2D eigenvalue weighted by Gasteiger charge is -2.05. The largest absolute Gasteiger partial charge is 0.510 e. The minimum atomic E-state index is -4.23. The lowest BCUT2D eigenvalue weighted by molar-refractivity contribution is -0.137. The molecule has 2 N–H and O–H groups in total. The van der Waals surface area contributed by atoms with Crippen LogP contribution in [0, 0.1) is 0 Å². The van der Waals surface area contributed by atoms with Crippen molar-refractivity contribution in [3.05, 3.63) is 12.3 Å². The molecule has 0 aliphatic rings. The van der Waals surface area contributed by atoms with E-state index in [-0.39, 0.29) is 12.1 Å². The van der Waals surface area contributed by atoms with E-state index in [1.165, 1.54) is 12.3 Å². The summed E-state index contributed by atoms with van der Waals surface area (Å²) in [5.74, 6) is 0. The molecule has 0 atom stereocenters. The normalized spacial score (nSPS) is 11.8. The Balaban J connectivity index is 2.52. The number of aromatic nitrogens is 2. The predicted octanol–water partition coefficient (Wildman–Crippen LogP) is -0.485. The van der Waals surface area contributed by atoms with Crippen LogP contribution in [0.5, 0.6) is 0 Å². The maximum Gasteiger partial charge on any atom is 0.510 e. The summed E-state index contributed by atoms with van der Waals surface area (Å²) in [6, 6.07) is 1.25. The summed E-state index contributed by atoms with van der Waals surface area (Å²) in [7, 11) is -1.75. The van der Waals surface area contributed by atoms with E-state index in [9.17, 15) is 13.2 Å². The first-order valence-electron chi connectivity index (χ1n) is 3.85. The number of nitrogens with zero attached hydrogens (tertiary/aromatic N) is 2. The van der Waals surface area contributed by atoms with Gasteiger partial charge in [0.1, 0.15) is 0 Å². The van der Waals surface area contributed by atoms with Gasteiger partial charge in [0.05, 0.1) is 12.0 Å². The smallest absolute Gasteiger partial charge is 0.422 e. The molecule has 8 heteroatoms. The van der Waals surface area contributed by atoms with Gasteiger partial charge in [-0.05, 0) is 6.07 Å². The van der Waals surface area contributed by atoms with Crippen molar-refractivity contribution in [2.24, 2.45) is 0 Å². The Labute approximate surface area is 78.1 Å². The number of rotatable bonds is 3. The first kappa shape index (κ1) is 11.1. The van der Waals surface area contributed by atoms with Crippen LogP contribution in [0.25, 0.3) is 0 Å². The number of aryl methyl sites for hydroxylation is 1. The van der Waals surface area contributed by atoms with E-state index in [2.05, 4.69) is 5.10 Å². The van der Waals surface area contributed by atoms with E-state index in [4.69, 9.17) is 10.0 Å². The van der Waals surface area contributed by atoms with Crippen molar-refractivity contribution in [3.63, 3.8) is 0 Å². The maximum atomic E-state index is 11.8. The highest BCUT2D eigenvalue weighted by atomic mass is 19.4. The molecule has 0 amide bonds. The quantitative estimate of drug-likeness (QED) is 0.659. The van der Waals surface area contributed by atoms with Crippen LogP contribution in [0.15, 0.2) is 12.3 Å². The van der Waals surface area contributed by atoms with Gasteiger partial charge in [-0.1, -0.05) is 0 Å². The number of hydrogen-bond donors (Lipinski definition) is 2. The van der Waals surface area contributed by atoms with Crippen LogP contribution in [-0.2, 0) is 6.54 Å². The number of alkyl halides is 3. The lowest BCUT2D eigenvalue weighted by Crippen LogP contribution is -2.31. The molecule has 0 saturated heterocycles. The van der Waals surface area contributed by atoms with Crippen LogP contribution in [0.3, 0.4) is 0 Å². The van der Waals surface area contributed by atoms with Crippen LogP contribution in [0.1, 0.15) is 6.42 Å². The van der Waals surface area contributed by atoms with Crippen LogP contribution in [0.4, 0.5) is 13.2 Å². The highest BCUT2D eigenvalue weighted by Crippen LogP contribution is 2.19. The van der Waals surface area contributed by atoms with Gasteiger partial charge < -0.3 is 10.0 Å². The summed E-state index contributed by atoms with van der Waals surface area (Å²) >= 11 is 0. The van der Waals surface area contributed by atoms with Crippen LogP contribution >= 0.6 is 0 Å². The van der Waals surface area contributed by atoms with Crippen LogP contribution in [-0.4, -0.2) is 33.1 Å². The van der Waals surface area contributed by atoms with E-state index in [1.54, 1.807) is 0 Å². The van der Waals surface area contributed by atoms with E-state index >= 15 is 0 Å². The molecule has 0 aromatic carbocycles. The zero-order chi connectivity index (χ0) is 10.8. The molecular formula is C6H8BF3N2O2. The van der Waals surface area contributed by atoms with E-state index < -0.39 is 19.7 Å². The zero-order valence-electron chi connectivity index (χ0n) is 7.07. The van der Waals surface area contributed by atoms with Gasteiger partial charge in [-0.15, -0.1) is 0 Å². The summed E-state index contributed by atoms with van der Waals surface area (Å²) in [4.78, 5) is 0. The third kappa shape index (κ3) is 3.39. The summed E-state index contributed by atoms with van der Waals surface area (Å²) in [6.07, 6.45) is -3.96. The molecule has 0 bridgehead atoms. The molecule has 1 aromatic rings. The van der Waals surface area contributed by atoms with Crippen molar-refractivity contribution in [1.29, 1.82) is 0 Å². The summed E-state index contributed by atoms with van der Waals surface area (Å²) in [5, 5.41) is 20.8. The van der Waals surface area contributed by atoms with Gasteiger partial charge in [-0.2, -0.15) is 18.3 Å². The first-order valence-corrected chi connectivity index (χ1v) is 3.85. The van der Waals surface area contributed by atoms with Crippen molar-refractivity contribution in [2.75, 3.05) is 0 Å². The molecule has 0 saturated carbocycles. The number of hydrogen-bond acceptors (Lipinski definition) is 3. The van der Waals surface area contributed by atoms with Gasteiger partial charge in [0, 0.05) is 12.7 Å². The van der Waals surface area contributed by atoms with Crippen molar-refractivity contribution >= 4 is 12.7 Å². The highest BCUT2D eigenvalue weighted by Gasteiger charge is 2.27. The second-order valence-corrected chi connectivity index (χ2v) is 2.74. The molecule has 78 valence electrons. The van der Waals surface area contributed by atoms with Crippen molar-refractivity contribution in [3.8, 4) is 0 Å². The topological polar surface area (TPSA) is 58.3 Å². The van der Waals surface area contributed by atoms with E-state index in [1.807, 2.05) is 0 Å². The molecule has 0 fully saturated rings. The Kier molecular flexibility index (Phi) is 3.17. The Morgan fingerprint density at radius 3 is 2.50 bits per heavy atom. The fourth-order valence-corrected chi connectivity index (χ4v) is 0.881. The first-order chi connectivity index (χ1) is 6.38. The molecular weight excluding hydrogens is 200 g/mol. The summed E-state index contributed by atoms with van der Waals surface area (Å²) in [5.41, 5.74) is -0.0628. The van der Waals surface area contributed by atoms with Crippen LogP contribution < -0.4 is 5.59 Å². The number of halogens is 3. The average Bonchev–Trinajstić information content (AvgIpc) is 2.47. The third-order valence-corrected chi connectivity index (χ3v) is 1.55. The van der Waals surface area contributed by atoms with Gasteiger partial charge in [0.2, 0.25) is 0 Å². The lowest BCUT2D eigenvalue weighted by atomic mass is 9.87. The Morgan fingerprint density at radius 1 is 1.43 bits per heavy atom. The minimum absolute atomic E-state index is 0.0628. The van der Waals surface area contributed by atoms with Crippen LogP contribution in [0.2, 0.25) is 0 Å². The average molecular weight is 208 g/mol. The zero-order valence-corrected chi connectivity index (χ0v) is 7.07. The summed E-state index contributed by atoms with van der Waals surface area (Å²) < 4.78 is 36.3. The molecule has 0 radical (unpaired) electrons. The van der Waals surface area contributed by atoms with E-state index in [0.717, 1.165) is 4.68 Å².